The Hall–Kier alpha value is -2.40. The molecule has 4 nitrogen and oxygen atoms in total. The minimum absolute atomic E-state index is 0.186. The van der Waals surface area contributed by atoms with Crippen LogP contribution in [0, 0.1) is 35.4 Å². The third-order valence-electron chi connectivity index (χ3n) is 2.69. The SMILES string of the molecule is Cc1ccc(C(=O)N(CCC#N)CCC#N)cc1F. The van der Waals surface area contributed by atoms with Crippen molar-refractivity contribution in [1.29, 1.82) is 10.5 Å². The summed E-state index contributed by atoms with van der Waals surface area (Å²) >= 11 is 0. The number of aryl methyl sites for hydroxylation is 1. The van der Waals surface area contributed by atoms with Crippen molar-refractivity contribution in [1.82, 2.24) is 4.90 Å². The number of carbonyl (C=O) groups is 1. The molecule has 0 unspecified atom stereocenters. The van der Waals surface area contributed by atoms with E-state index in [1.165, 1.54) is 17.0 Å². The quantitative estimate of drug-likeness (QED) is 0.815. The summed E-state index contributed by atoms with van der Waals surface area (Å²) in [4.78, 5) is 13.6. The molecule has 0 bridgehead atoms. The van der Waals surface area contributed by atoms with E-state index in [-0.39, 0.29) is 37.4 Å². The number of nitriles is 2. The Balaban J connectivity index is 2.88. The molecule has 5 heteroatoms. The number of halogens is 1. The molecule has 98 valence electrons. The molecular weight excluding hydrogens is 245 g/mol. The van der Waals surface area contributed by atoms with Gasteiger partial charge in [-0.25, -0.2) is 4.39 Å². The zero-order valence-corrected chi connectivity index (χ0v) is 10.7. The smallest absolute Gasteiger partial charge is 0.254 e. The third-order valence-corrected chi connectivity index (χ3v) is 2.69. The van der Waals surface area contributed by atoms with Crippen LogP contribution in [0.25, 0.3) is 0 Å². The molecule has 0 aliphatic heterocycles. The normalized spacial score (nSPS) is 9.47. The standard InChI is InChI=1S/C14H14FN3O/c1-11-4-5-12(10-13(11)15)14(19)18(8-2-6-16)9-3-7-17/h4-5,10H,2-3,8-9H2,1H3. The topological polar surface area (TPSA) is 67.9 Å². The van der Waals surface area contributed by atoms with E-state index in [1.54, 1.807) is 13.0 Å². The number of hydrogen-bond donors (Lipinski definition) is 0. The second-order valence-electron chi connectivity index (χ2n) is 4.07. The molecule has 0 fully saturated rings. The van der Waals surface area contributed by atoms with Crippen molar-refractivity contribution >= 4 is 5.91 Å². The zero-order chi connectivity index (χ0) is 14.3. The average Bonchev–Trinajstić information content (AvgIpc) is 2.41. The van der Waals surface area contributed by atoms with Crippen LogP contribution >= 0.6 is 0 Å². The fourth-order valence-corrected chi connectivity index (χ4v) is 1.59. The van der Waals surface area contributed by atoms with Crippen molar-refractivity contribution in [2.75, 3.05) is 13.1 Å². The van der Waals surface area contributed by atoms with Crippen LogP contribution in [-0.2, 0) is 0 Å². The zero-order valence-electron chi connectivity index (χ0n) is 10.7. The number of amides is 1. The minimum atomic E-state index is -0.439. The Labute approximate surface area is 111 Å². The highest BCUT2D eigenvalue weighted by Crippen LogP contribution is 2.12. The number of carbonyl (C=O) groups excluding carboxylic acids is 1. The van der Waals surface area contributed by atoms with Gasteiger partial charge in [0, 0.05) is 18.7 Å². The lowest BCUT2D eigenvalue weighted by atomic mass is 10.1. The van der Waals surface area contributed by atoms with Gasteiger partial charge in [0.1, 0.15) is 5.82 Å². The first-order chi connectivity index (χ1) is 9.10. The highest BCUT2D eigenvalue weighted by Gasteiger charge is 2.16. The maximum atomic E-state index is 13.4. The van der Waals surface area contributed by atoms with Crippen LogP contribution in [0.4, 0.5) is 4.39 Å². The van der Waals surface area contributed by atoms with Crippen molar-refractivity contribution in [3.8, 4) is 12.1 Å². The largest absolute Gasteiger partial charge is 0.337 e. The minimum Gasteiger partial charge on any atom is -0.337 e. The van der Waals surface area contributed by atoms with Crippen LogP contribution in [0.5, 0.6) is 0 Å². The van der Waals surface area contributed by atoms with Gasteiger partial charge in [-0.2, -0.15) is 10.5 Å². The summed E-state index contributed by atoms with van der Waals surface area (Å²) < 4.78 is 13.4. The lowest BCUT2D eigenvalue weighted by Crippen LogP contribution is -2.32. The van der Waals surface area contributed by atoms with Crippen molar-refractivity contribution in [2.24, 2.45) is 0 Å². The van der Waals surface area contributed by atoms with Crippen molar-refractivity contribution < 1.29 is 9.18 Å². The van der Waals surface area contributed by atoms with Gasteiger partial charge in [0.05, 0.1) is 25.0 Å². The number of benzene rings is 1. The summed E-state index contributed by atoms with van der Waals surface area (Å²) in [6, 6.07) is 8.17. The molecule has 0 saturated carbocycles. The van der Waals surface area contributed by atoms with Gasteiger partial charge in [0.15, 0.2) is 0 Å². The van der Waals surface area contributed by atoms with Gasteiger partial charge in [-0.1, -0.05) is 6.07 Å². The average molecular weight is 259 g/mol. The molecule has 0 heterocycles. The molecule has 0 aromatic heterocycles. The van der Waals surface area contributed by atoms with E-state index >= 15 is 0 Å². The first kappa shape index (κ1) is 14.7. The van der Waals surface area contributed by atoms with Crippen molar-refractivity contribution in [3.63, 3.8) is 0 Å². The first-order valence-corrected chi connectivity index (χ1v) is 5.89. The van der Waals surface area contributed by atoms with E-state index in [2.05, 4.69) is 0 Å². The Morgan fingerprint density at radius 3 is 2.32 bits per heavy atom. The van der Waals surface area contributed by atoms with Gasteiger partial charge >= 0.3 is 0 Å². The Kier molecular flexibility index (Phi) is 5.50. The molecule has 1 amide bonds. The van der Waals surface area contributed by atoms with Crippen LogP contribution in [0.1, 0.15) is 28.8 Å². The second-order valence-corrected chi connectivity index (χ2v) is 4.07. The summed E-state index contributed by atoms with van der Waals surface area (Å²) in [6.45, 7) is 2.10. The Morgan fingerprint density at radius 2 is 1.84 bits per heavy atom. The lowest BCUT2D eigenvalue weighted by Gasteiger charge is -2.20. The predicted molar refractivity (Wildman–Crippen MR) is 67.5 cm³/mol. The highest BCUT2D eigenvalue weighted by atomic mass is 19.1. The molecule has 1 aromatic carbocycles. The summed E-state index contributed by atoms with van der Waals surface area (Å²) in [7, 11) is 0. The summed E-state index contributed by atoms with van der Waals surface area (Å²) in [5, 5.41) is 17.1. The Bertz CT molecular complexity index is 525. The molecular formula is C14H14FN3O. The second kappa shape index (κ2) is 7.13. The molecule has 1 aromatic rings. The summed E-state index contributed by atoms with van der Waals surface area (Å²) in [5.74, 6) is -0.796. The molecule has 0 spiro atoms. The third kappa shape index (κ3) is 4.08. The first-order valence-electron chi connectivity index (χ1n) is 5.89. The van der Waals surface area contributed by atoms with Crippen molar-refractivity contribution in [3.05, 3.63) is 35.1 Å². The van der Waals surface area contributed by atoms with Crippen LogP contribution in [-0.4, -0.2) is 23.9 Å². The number of rotatable bonds is 5. The molecule has 0 N–H and O–H groups in total. The van der Waals surface area contributed by atoms with Gasteiger partial charge in [-0.3, -0.25) is 4.79 Å². The van der Waals surface area contributed by atoms with Crippen LogP contribution in [0.2, 0.25) is 0 Å². The molecule has 0 aliphatic rings. The Morgan fingerprint density at radius 1 is 1.26 bits per heavy atom. The van der Waals surface area contributed by atoms with Crippen LogP contribution in [0.3, 0.4) is 0 Å². The number of hydrogen-bond acceptors (Lipinski definition) is 3. The maximum absolute atomic E-state index is 13.4. The highest BCUT2D eigenvalue weighted by molar-refractivity contribution is 5.94. The van der Waals surface area contributed by atoms with Gasteiger partial charge in [0.25, 0.3) is 5.91 Å². The van der Waals surface area contributed by atoms with E-state index in [9.17, 15) is 9.18 Å². The fourth-order valence-electron chi connectivity index (χ4n) is 1.59. The molecule has 0 atom stereocenters. The van der Waals surface area contributed by atoms with Crippen LogP contribution in [0.15, 0.2) is 18.2 Å². The molecule has 0 aliphatic carbocycles. The fraction of sp³-hybridized carbons (Fsp3) is 0.357. The van der Waals surface area contributed by atoms with E-state index in [1.807, 2.05) is 12.1 Å². The predicted octanol–water partition coefficient (Wildman–Crippen LogP) is 2.40. The van der Waals surface area contributed by atoms with Gasteiger partial charge in [-0.15, -0.1) is 0 Å². The lowest BCUT2D eigenvalue weighted by molar-refractivity contribution is 0.0762. The summed E-state index contributed by atoms with van der Waals surface area (Å²) in [5.41, 5.74) is 0.705. The molecule has 0 radical (unpaired) electrons. The maximum Gasteiger partial charge on any atom is 0.254 e. The van der Waals surface area contributed by atoms with E-state index < -0.39 is 5.82 Å². The number of nitrogens with zero attached hydrogens (tertiary/aromatic N) is 3. The van der Waals surface area contributed by atoms with Gasteiger partial charge in [0.2, 0.25) is 0 Å². The molecule has 0 saturated heterocycles. The van der Waals surface area contributed by atoms with Crippen molar-refractivity contribution in [2.45, 2.75) is 19.8 Å². The molecule has 19 heavy (non-hydrogen) atoms. The monoisotopic (exact) mass is 259 g/mol. The van der Waals surface area contributed by atoms with E-state index in [0.29, 0.717) is 5.56 Å². The molecule has 1 rings (SSSR count). The van der Waals surface area contributed by atoms with Crippen LogP contribution < -0.4 is 0 Å². The van der Waals surface area contributed by atoms with Gasteiger partial charge < -0.3 is 4.90 Å². The summed E-state index contributed by atoms with van der Waals surface area (Å²) in [6.07, 6.45) is 0.372. The van der Waals surface area contributed by atoms with Gasteiger partial charge in [-0.05, 0) is 24.6 Å². The van der Waals surface area contributed by atoms with E-state index in [0.717, 1.165) is 0 Å². The van der Waals surface area contributed by atoms with E-state index in [4.69, 9.17) is 10.5 Å².